The highest BCUT2D eigenvalue weighted by atomic mass is 16.4. The number of aliphatic hydroxyl groups is 1. The van der Waals surface area contributed by atoms with E-state index in [9.17, 15) is 15.0 Å². The molecule has 1 aromatic rings. The summed E-state index contributed by atoms with van der Waals surface area (Å²) in [4.78, 5) is 14.3. The number of hydrogen-bond acceptors (Lipinski definition) is 4. The second-order valence-corrected chi connectivity index (χ2v) is 20.7. The van der Waals surface area contributed by atoms with Crippen LogP contribution in [0.25, 0.3) is 5.57 Å². The maximum atomic E-state index is 11.6. The second-order valence-electron chi connectivity index (χ2n) is 20.7. The Balaban J connectivity index is 1.05. The van der Waals surface area contributed by atoms with Crippen LogP contribution in [-0.2, 0) is 0 Å². The van der Waals surface area contributed by atoms with E-state index in [0.717, 1.165) is 38.3 Å². The Morgan fingerprint density at radius 3 is 2.20 bits per heavy atom. The summed E-state index contributed by atoms with van der Waals surface area (Å²) < 4.78 is 0. The maximum Gasteiger partial charge on any atom is 0.335 e. The number of hydrogen-bond donors (Lipinski definition) is 3. The highest BCUT2D eigenvalue weighted by Gasteiger charge is 2.70. The molecule has 12 atom stereocenters. The van der Waals surface area contributed by atoms with Gasteiger partial charge in [0.2, 0.25) is 0 Å². The van der Waals surface area contributed by atoms with E-state index in [1.165, 1.54) is 80.9 Å². The molecule has 3 N–H and O–H groups in total. The van der Waals surface area contributed by atoms with E-state index in [1.807, 2.05) is 12.1 Å². The first-order chi connectivity index (χ1) is 24.0. The topological polar surface area (TPSA) is 72.8 Å². The largest absolute Gasteiger partial charge is 0.478 e. The molecule has 2 bridgehead atoms. The lowest BCUT2D eigenvalue weighted by molar-refractivity contribution is -0.219. The van der Waals surface area contributed by atoms with Crippen molar-refractivity contribution >= 4 is 11.5 Å². The number of aromatic carboxylic acids is 1. The molecule has 0 radical (unpaired) electrons. The first kappa shape index (κ1) is 36.0. The van der Waals surface area contributed by atoms with E-state index in [4.69, 9.17) is 0 Å². The van der Waals surface area contributed by atoms with Gasteiger partial charge in [-0.3, -0.25) is 4.90 Å². The number of carbonyl (C=O) groups is 1. The summed E-state index contributed by atoms with van der Waals surface area (Å²) in [5.74, 6) is 2.45. The lowest BCUT2D eigenvalue weighted by Crippen LogP contribution is -2.68. The minimum absolute atomic E-state index is 0.0304. The molecule has 0 amide bonds. The van der Waals surface area contributed by atoms with E-state index in [-0.39, 0.29) is 16.4 Å². The van der Waals surface area contributed by atoms with Gasteiger partial charge in [-0.25, -0.2) is 4.79 Å². The van der Waals surface area contributed by atoms with E-state index in [1.54, 1.807) is 12.1 Å². The van der Waals surface area contributed by atoms with Gasteiger partial charge in [0, 0.05) is 30.7 Å². The molecular formula is C46H68N2O3. The number of nitrogens with one attached hydrogen (secondary N) is 1. The van der Waals surface area contributed by atoms with Crippen LogP contribution in [0.3, 0.4) is 0 Å². The van der Waals surface area contributed by atoms with Crippen LogP contribution in [0.2, 0.25) is 0 Å². The number of piperidine rings is 1. The van der Waals surface area contributed by atoms with Crippen LogP contribution in [0.1, 0.15) is 148 Å². The van der Waals surface area contributed by atoms with Gasteiger partial charge in [0.05, 0.1) is 11.2 Å². The lowest BCUT2D eigenvalue weighted by Gasteiger charge is -2.72. The zero-order chi connectivity index (χ0) is 36.4. The predicted molar refractivity (Wildman–Crippen MR) is 207 cm³/mol. The van der Waals surface area contributed by atoms with Gasteiger partial charge in [-0.1, -0.05) is 65.0 Å². The molecule has 5 heteroatoms. The Labute approximate surface area is 309 Å². The standard InChI is InChI=1S/C46H68N2O3/c1-29(2)34-17-22-46(47-25-26-48-32-13-14-33(48)28-42(5,51)27-32)24-23-44(7)36(39(34)46)15-16-38-43(6)20-18-35(30-9-11-31(12-10-30)40(49)50)41(3,4)37(43)19-21-45(38,44)8/h9-12,18,32-34,36-39,47,51H,1,13-17,19-28H2,2-8H3,(H,49,50)/t32-,33?,34-,36+,37-,38+,39+,42?,43-,44+,45+,46-/m0/s1. The van der Waals surface area contributed by atoms with Crippen LogP contribution >= 0.6 is 0 Å². The number of rotatable bonds is 7. The minimum Gasteiger partial charge on any atom is -0.478 e. The van der Waals surface area contributed by atoms with Crippen LogP contribution in [0.15, 0.2) is 42.5 Å². The Morgan fingerprint density at radius 1 is 0.863 bits per heavy atom. The number of carboxylic acid groups (broad SMARTS) is 1. The van der Waals surface area contributed by atoms with Gasteiger partial charge in [-0.15, -0.1) is 0 Å². The molecule has 51 heavy (non-hydrogen) atoms. The van der Waals surface area contributed by atoms with Gasteiger partial charge >= 0.3 is 5.97 Å². The monoisotopic (exact) mass is 697 g/mol. The van der Waals surface area contributed by atoms with E-state index >= 15 is 0 Å². The Bertz CT molecular complexity index is 1580. The average molecular weight is 697 g/mol. The van der Waals surface area contributed by atoms with Crippen molar-refractivity contribution in [1.82, 2.24) is 10.2 Å². The van der Waals surface area contributed by atoms with Crippen LogP contribution in [0.4, 0.5) is 0 Å². The first-order valence-corrected chi connectivity index (χ1v) is 20.9. The van der Waals surface area contributed by atoms with Crippen molar-refractivity contribution < 1.29 is 15.0 Å². The van der Waals surface area contributed by atoms with Crippen molar-refractivity contribution in [2.45, 2.75) is 155 Å². The molecule has 7 aliphatic rings. The summed E-state index contributed by atoms with van der Waals surface area (Å²) in [7, 11) is 0. The third-order valence-corrected chi connectivity index (χ3v) is 18.1. The number of nitrogens with zero attached hydrogens (tertiary/aromatic N) is 1. The number of benzene rings is 1. The van der Waals surface area contributed by atoms with Crippen LogP contribution < -0.4 is 5.32 Å². The molecule has 5 nitrogen and oxygen atoms in total. The van der Waals surface area contributed by atoms with E-state index in [0.29, 0.717) is 52.1 Å². The molecule has 1 aromatic carbocycles. The third kappa shape index (κ3) is 5.27. The summed E-state index contributed by atoms with van der Waals surface area (Å²) in [5.41, 5.74) is 5.03. The third-order valence-electron chi connectivity index (χ3n) is 18.1. The molecule has 280 valence electrons. The van der Waals surface area contributed by atoms with Gasteiger partial charge in [0.15, 0.2) is 0 Å². The van der Waals surface area contributed by atoms with E-state index in [2.05, 4.69) is 71.3 Å². The summed E-state index contributed by atoms with van der Waals surface area (Å²) in [6.07, 6.45) is 18.5. The van der Waals surface area contributed by atoms with Crippen molar-refractivity contribution in [2.24, 2.45) is 51.2 Å². The van der Waals surface area contributed by atoms with Gasteiger partial charge < -0.3 is 15.5 Å². The Morgan fingerprint density at radius 2 is 1.55 bits per heavy atom. The summed E-state index contributed by atoms with van der Waals surface area (Å²) in [6.45, 7) is 24.3. The number of allylic oxidation sites excluding steroid dienone is 3. The number of fused-ring (bicyclic) bond motifs is 9. The fourth-order valence-corrected chi connectivity index (χ4v) is 15.7. The predicted octanol–water partition coefficient (Wildman–Crippen LogP) is 9.76. The van der Waals surface area contributed by atoms with Gasteiger partial charge in [-0.05, 0) is 172 Å². The molecule has 0 spiro atoms. The van der Waals surface area contributed by atoms with Gasteiger partial charge in [0.1, 0.15) is 0 Å². The molecular weight excluding hydrogens is 629 g/mol. The second kappa shape index (κ2) is 12.0. The zero-order valence-corrected chi connectivity index (χ0v) is 33.0. The molecule has 0 aromatic heterocycles. The molecule has 5 aliphatic carbocycles. The lowest BCUT2D eigenvalue weighted by atomic mass is 9.33. The molecule has 2 saturated heterocycles. The van der Waals surface area contributed by atoms with E-state index < -0.39 is 11.6 Å². The first-order valence-electron chi connectivity index (χ1n) is 20.9. The fourth-order valence-electron chi connectivity index (χ4n) is 15.7. The summed E-state index contributed by atoms with van der Waals surface area (Å²) in [5, 5.41) is 24.7. The highest BCUT2D eigenvalue weighted by molar-refractivity contribution is 5.88. The van der Waals surface area contributed by atoms with Gasteiger partial charge in [0.25, 0.3) is 0 Å². The molecule has 2 heterocycles. The fraction of sp³-hybridized carbons (Fsp3) is 0.761. The highest BCUT2D eigenvalue weighted by Crippen LogP contribution is 2.76. The van der Waals surface area contributed by atoms with Crippen LogP contribution in [0, 0.1) is 51.2 Å². The maximum absolute atomic E-state index is 11.6. The molecule has 4 saturated carbocycles. The van der Waals surface area contributed by atoms with Gasteiger partial charge in [-0.2, -0.15) is 0 Å². The minimum atomic E-state index is -0.857. The van der Waals surface area contributed by atoms with Crippen molar-refractivity contribution in [3.63, 3.8) is 0 Å². The summed E-state index contributed by atoms with van der Waals surface area (Å²) >= 11 is 0. The van der Waals surface area contributed by atoms with Crippen LogP contribution in [-0.4, -0.2) is 57.4 Å². The SMILES string of the molecule is C=C(C)[C@@H]1CC[C@]2(NCCN3C4CC[C@H]3CC(C)(O)C4)CC[C@]3(C)[C@H](CC[C@@H]4[C@@]5(C)CC=C(c6ccc(C(=O)O)cc6)C(C)(C)[C@@H]5CC[C@]43C)[C@@H]12. The van der Waals surface area contributed by atoms with Crippen molar-refractivity contribution in [1.29, 1.82) is 0 Å². The Kier molecular flexibility index (Phi) is 8.50. The number of carboxylic acids is 1. The zero-order valence-electron chi connectivity index (χ0n) is 33.0. The van der Waals surface area contributed by atoms with Crippen LogP contribution in [0.5, 0.6) is 0 Å². The molecule has 8 rings (SSSR count). The van der Waals surface area contributed by atoms with Crippen molar-refractivity contribution in [2.75, 3.05) is 13.1 Å². The van der Waals surface area contributed by atoms with Crippen molar-refractivity contribution in [3.05, 3.63) is 53.6 Å². The average Bonchev–Trinajstić information content (AvgIpc) is 3.56. The smallest absolute Gasteiger partial charge is 0.335 e. The normalized spacial score (nSPS) is 47.1. The molecule has 6 fully saturated rings. The molecule has 2 unspecified atom stereocenters. The van der Waals surface area contributed by atoms with Crippen molar-refractivity contribution in [3.8, 4) is 0 Å². The summed E-state index contributed by atoms with van der Waals surface area (Å²) in [6, 6.07) is 8.75. The Hall–Kier alpha value is -1.95. The molecule has 2 aliphatic heterocycles. The quantitative estimate of drug-likeness (QED) is 0.248.